The number of carbonyl (C=O) groups is 1. The Bertz CT molecular complexity index is 470. The minimum Gasteiger partial charge on any atom is -0.366 e. The molecule has 4 atom stereocenters. The van der Waals surface area contributed by atoms with Gasteiger partial charge in [-0.15, -0.1) is 6.58 Å². The number of halogens is 1. The van der Waals surface area contributed by atoms with Crippen LogP contribution in [0, 0.1) is 11.8 Å². The molecule has 172 valence electrons. The molecule has 0 aliphatic carbocycles. The lowest BCUT2D eigenvalue weighted by Crippen LogP contribution is -2.47. The van der Waals surface area contributed by atoms with Crippen molar-refractivity contribution in [2.75, 3.05) is 34.3 Å². The lowest BCUT2D eigenvalue weighted by atomic mass is 9.94. The molecular formula is C24H47FN2O2. The van der Waals surface area contributed by atoms with Gasteiger partial charge in [0, 0.05) is 20.1 Å². The third-order valence-corrected chi connectivity index (χ3v) is 5.82. The molecule has 29 heavy (non-hydrogen) atoms. The SMILES string of the molecule is C=C(C)CCN(C)CC(=O)C(C)N(C)C(CC(F)CCC(C)CCC(C)C)OC. The van der Waals surface area contributed by atoms with Gasteiger partial charge in [0.1, 0.15) is 12.4 Å². The summed E-state index contributed by atoms with van der Waals surface area (Å²) in [6.07, 6.45) is 3.68. The lowest BCUT2D eigenvalue weighted by Gasteiger charge is -2.33. The Kier molecular flexibility index (Phi) is 14.7. The first-order chi connectivity index (χ1) is 13.5. The largest absolute Gasteiger partial charge is 0.366 e. The van der Waals surface area contributed by atoms with E-state index in [2.05, 4.69) is 27.4 Å². The first-order valence-electron chi connectivity index (χ1n) is 11.2. The highest BCUT2D eigenvalue weighted by Gasteiger charge is 2.27. The maximum Gasteiger partial charge on any atom is 0.163 e. The predicted molar refractivity (Wildman–Crippen MR) is 122 cm³/mol. The first kappa shape index (κ1) is 28.2. The van der Waals surface area contributed by atoms with Crippen LogP contribution >= 0.6 is 0 Å². The highest BCUT2D eigenvalue weighted by Crippen LogP contribution is 2.21. The molecule has 0 fully saturated rings. The Labute approximate surface area is 179 Å². The summed E-state index contributed by atoms with van der Waals surface area (Å²) in [6.45, 7) is 15.6. The van der Waals surface area contributed by atoms with E-state index in [1.165, 1.54) is 6.42 Å². The molecule has 0 radical (unpaired) electrons. The predicted octanol–water partition coefficient (Wildman–Crippen LogP) is 5.33. The van der Waals surface area contributed by atoms with Crippen LogP contribution in [0.15, 0.2) is 12.2 Å². The molecule has 0 spiro atoms. The molecule has 0 aliphatic heterocycles. The molecule has 0 bridgehead atoms. The Hall–Kier alpha value is -0.780. The standard InChI is InChI=1S/C24H47FN2O2/c1-18(2)10-11-20(5)12-13-22(25)16-24(29-9)27(8)21(6)23(28)17-26(7)15-14-19(3)4/h18,20-22,24H,3,10-17H2,1-2,4-9H3. The van der Waals surface area contributed by atoms with Crippen LogP contribution in [0.3, 0.4) is 0 Å². The number of ketones is 1. The van der Waals surface area contributed by atoms with Gasteiger partial charge in [-0.25, -0.2) is 4.39 Å². The molecular weight excluding hydrogens is 367 g/mol. The van der Waals surface area contributed by atoms with Gasteiger partial charge < -0.3 is 4.74 Å². The Balaban J connectivity index is 4.48. The summed E-state index contributed by atoms with van der Waals surface area (Å²) in [5, 5.41) is 0. The van der Waals surface area contributed by atoms with E-state index in [0.29, 0.717) is 31.2 Å². The third kappa shape index (κ3) is 13.2. The summed E-state index contributed by atoms with van der Waals surface area (Å²) in [5.41, 5.74) is 1.11. The van der Waals surface area contributed by atoms with E-state index in [1.807, 2.05) is 37.7 Å². The van der Waals surface area contributed by atoms with Crippen LogP contribution in [-0.2, 0) is 9.53 Å². The molecule has 0 N–H and O–H groups in total. The Morgan fingerprint density at radius 3 is 2.17 bits per heavy atom. The average molecular weight is 415 g/mol. The molecule has 0 aromatic rings. The van der Waals surface area contributed by atoms with E-state index in [-0.39, 0.29) is 11.8 Å². The quantitative estimate of drug-likeness (QED) is 0.238. The number of methoxy groups -OCH3 is 1. The normalized spacial score (nSPS) is 16.3. The van der Waals surface area contributed by atoms with Crippen molar-refractivity contribution in [2.45, 2.75) is 91.6 Å². The molecule has 0 rings (SSSR count). The number of Topliss-reactive ketones (excluding diaryl/α,β-unsaturated/α-hetero) is 1. The van der Waals surface area contributed by atoms with Gasteiger partial charge in [0.25, 0.3) is 0 Å². The van der Waals surface area contributed by atoms with Crippen LogP contribution < -0.4 is 0 Å². The van der Waals surface area contributed by atoms with Gasteiger partial charge in [-0.05, 0) is 59.0 Å². The minimum absolute atomic E-state index is 0.122. The third-order valence-electron chi connectivity index (χ3n) is 5.82. The zero-order chi connectivity index (χ0) is 22.6. The van der Waals surface area contributed by atoms with Gasteiger partial charge in [0.15, 0.2) is 5.78 Å². The topological polar surface area (TPSA) is 32.8 Å². The van der Waals surface area contributed by atoms with E-state index >= 15 is 0 Å². The zero-order valence-electron chi connectivity index (χ0n) is 20.3. The smallest absolute Gasteiger partial charge is 0.163 e. The van der Waals surface area contributed by atoms with Crippen molar-refractivity contribution in [3.8, 4) is 0 Å². The monoisotopic (exact) mass is 414 g/mol. The fourth-order valence-electron chi connectivity index (χ4n) is 3.33. The molecule has 0 saturated heterocycles. The van der Waals surface area contributed by atoms with E-state index in [1.54, 1.807) is 7.11 Å². The molecule has 4 nitrogen and oxygen atoms in total. The summed E-state index contributed by atoms with van der Waals surface area (Å²) < 4.78 is 20.1. The number of rotatable bonds is 17. The van der Waals surface area contributed by atoms with Crippen molar-refractivity contribution in [2.24, 2.45) is 11.8 Å². The van der Waals surface area contributed by atoms with Crippen molar-refractivity contribution in [3.05, 3.63) is 12.2 Å². The summed E-state index contributed by atoms with van der Waals surface area (Å²) in [6, 6.07) is -0.315. The van der Waals surface area contributed by atoms with Crippen molar-refractivity contribution in [1.82, 2.24) is 9.80 Å². The summed E-state index contributed by atoms with van der Waals surface area (Å²) >= 11 is 0. The van der Waals surface area contributed by atoms with E-state index in [9.17, 15) is 9.18 Å². The Morgan fingerprint density at radius 1 is 1.07 bits per heavy atom. The van der Waals surface area contributed by atoms with Gasteiger partial charge in [0.2, 0.25) is 0 Å². The second-order valence-electron chi connectivity index (χ2n) is 9.43. The van der Waals surface area contributed by atoms with Crippen molar-refractivity contribution >= 4 is 5.78 Å². The van der Waals surface area contributed by atoms with Crippen LogP contribution in [0.1, 0.15) is 73.1 Å². The van der Waals surface area contributed by atoms with Crippen LogP contribution in [-0.4, -0.2) is 68.3 Å². The van der Waals surface area contributed by atoms with Crippen LogP contribution in [0.4, 0.5) is 4.39 Å². The van der Waals surface area contributed by atoms with Crippen LogP contribution in [0.5, 0.6) is 0 Å². The number of carbonyl (C=O) groups excluding carboxylic acids is 1. The van der Waals surface area contributed by atoms with Crippen molar-refractivity contribution in [1.29, 1.82) is 0 Å². The second kappa shape index (κ2) is 15.1. The molecule has 0 aromatic heterocycles. The minimum atomic E-state index is -0.913. The molecule has 4 unspecified atom stereocenters. The molecule has 0 aliphatic rings. The number of hydrogen-bond acceptors (Lipinski definition) is 4. The molecule has 0 amide bonds. The van der Waals surface area contributed by atoms with Crippen molar-refractivity contribution < 1.29 is 13.9 Å². The van der Waals surface area contributed by atoms with Gasteiger partial charge in [-0.2, -0.15) is 0 Å². The average Bonchev–Trinajstić information content (AvgIpc) is 2.65. The van der Waals surface area contributed by atoms with Gasteiger partial charge in [-0.3, -0.25) is 14.6 Å². The second-order valence-corrected chi connectivity index (χ2v) is 9.43. The van der Waals surface area contributed by atoms with Crippen molar-refractivity contribution in [3.63, 3.8) is 0 Å². The molecule has 0 saturated carbocycles. The summed E-state index contributed by atoms with van der Waals surface area (Å²) in [4.78, 5) is 16.5. The molecule has 5 heteroatoms. The number of likely N-dealkylation sites (N-methyl/N-ethyl adjacent to an activating group) is 2. The molecule has 0 aromatic carbocycles. The fourth-order valence-corrected chi connectivity index (χ4v) is 3.33. The maximum atomic E-state index is 14.6. The fraction of sp³-hybridized carbons (Fsp3) is 0.875. The first-order valence-corrected chi connectivity index (χ1v) is 11.2. The zero-order valence-corrected chi connectivity index (χ0v) is 20.3. The van der Waals surface area contributed by atoms with E-state index < -0.39 is 12.4 Å². The summed E-state index contributed by atoms with van der Waals surface area (Å²) in [7, 11) is 5.39. The number of hydrogen-bond donors (Lipinski definition) is 0. The number of nitrogens with zero attached hydrogens (tertiary/aromatic N) is 2. The van der Waals surface area contributed by atoms with Gasteiger partial charge >= 0.3 is 0 Å². The van der Waals surface area contributed by atoms with Crippen LogP contribution in [0.25, 0.3) is 0 Å². The lowest BCUT2D eigenvalue weighted by molar-refractivity contribution is -0.130. The maximum absolute atomic E-state index is 14.6. The van der Waals surface area contributed by atoms with Gasteiger partial charge in [0.05, 0.1) is 12.6 Å². The summed E-state index contributed by atoms with van der Waals surface area (Å²) in [5.74, 6) is 1.37. The highest BCUT2D eigenvalue weighted by molar-refractivity contribution is 5.85. The van der Waals surface area contributed by atoms with E-state index in [4.69, 9.17) is 4.74 Å². The van der Waals surface area contributed by atoms with Gasteiger partial charge in [-0.1, -0.05) is 39.2 Å². The Morgan fingerprint density at radius 2 is 1.66 bits per heavy atom. The number of ether oxygens (including phenoxy) is 1. The van der Waals surface area contributed by atoms with Crippen LogP contribution in [0.2, 0.25) is 0 Å². The number of alkyl halides is 1. The van der Waals surface area contributed by atoms with E-state index in [0.717, 1.165) is 31.4 Å². The highest BCUT2D eigenvalue weighted by atomic mass is 19.1. The molecule has 0 heterocycles.